The van der Waals surface area contributed by atoms with Crippen LogP contribution in [0.2, 0.25) is 0 Å². The highest BCUT2D eigenvalue weighted by molar-refractivity contribution is 5.87. The lowest BCUT2D eigenvalue weighted by Gasteiger charge is -2.09. The number of hydrogen-bond acceptors (Lipinski definition) is 3. The predicted octanol–water partition coefficient (Wildman–Crippen LogP) is 1.42. The zero-order chi connectivity index (χ0) is 10.9. The van der Waals surface area contributed by atoms with Crippen molar-refractivity contribution in [2.24, 2.45) is 0 Å². The number of benzene rings is 1. The first-order valence-corrected chi connectivity index (χ1v) is 4.74. The first-order valence-electron chi connectivity index (χ1n) is 4.74. The van der Waals surface area contributed by atoms with E-state index in [1.807, 2.05) is 0 Å². The Morgan fingerprint density at radius 3 is 1.73 bits per heavy atom. The SMILES string of the molecule is C1COCCO1.O=C(O)c1ccccc1. The first-order chi connectivity index (χ1) is 7.30. The molecule has 1 aliphatic rings. The second-order valence-corrected chi connectivity index (χ2v) is 2.90. The zero-order valence-electron chi connectivity index (χ0n) is 8.39. The van der Waals surface area contributed by atoms with Crippen LogP contribution in [-0.2, 0) is 9.47 Å². The van der Waals surface area contributed by atoms with E-state index in [0.29, 0.717) is 5.56 Å². The standard InChI is InChI=1S/C7H6O2.C4H8O2/c8-7(9)6-4-2-1-3-5-6;1-2-6-4-3-5-1/h1-5H,(H,8,9);1-4H2. The van der Waals surface area contributed by atoms with Crippen molar-refractivity contribution in [3.05, 3.63) is 35.9 Å². The molecular formula is C11H14O4. The van der Waals surface area contributed by atoms with E-state index in [2.05, 4.69) is 0 Å². The van der Waals surface area contributed by atoms with Gasteiger partial charge in [0.25, 0.3) is 0 Å². The summed E-state index contributed by atoms with van der Waals surface area (Å²) in [6.45, 7) is 3.11. The van der Waals surface area contributed by atoms with Crippen LogP contribution in [0.15, 0.2) is 30.3 Å². The summed E-state index contributed by atoms with van der Waals surface area (Å²) in [5.41, 5.74) is 0.331. The van der Waals surface area contributed by atoms with Crippen molar-refractivity contribution in [2.75, 3.05) is 26.4 Å². The minimum Gasteiger partial charge on any atom is -0.478 e. The molecule has 0 aliphatic carbocycles. The van der Waals surface area contributed by atoms with Crippen LogP contribution in [0.1, 0.15) is 10.4 Å². The average Bonchev–Trinajstić information content (AvgIpc) is 2.33. The molecule has 0 amide bonds. The molecule has 0 aromatic heterocycles. The van der Waals surface area contributed by atoms with Crippen molar-refractivity contribution >= 4 is 5.97 Å². The van der Waals surface area contributed by atoms with E-state index in [1.165, 1.54) is 0 Å². The summed E-state index contributed by atoms with van der Waals surface area (Å²) in [6, 6.07) is 8.30. The van der Waals surface area contributed by atoms with Crippen LogP contribution in [-0.4, -0.2) is 37.5 Å². The van der Waals surface area contributed by atoms with Crippen molar-refractivity contribution in [3.8, 4) is 0 Å². The molecule has 0 atom stereocenters. The summed E-state index contributed by atoms with van der Waals surface area (Å²) in [5, 5.41) is 8.38. The van der Waals surface area contributed by atoms with Gasteiger partial charge in [0, 0.05) is 0 Å². The summed E-state index contributed by atoms with van der Waals surface area (Å²) in [7, 11) is 0. The monoisotopic (exact) mass is 210 g/mol. The number of hydrogen-bond donors (Lipinski definition) is 1. The van der Waals surface area contributed by atoms with E-state index in [1.54, 1.807) is 30.3 Å². The fourth-order valence-electron chi connectivity index (χ4n) is 1.02. The minimum absolute atomic E-state index is 0.331. The van der Waals surface area contributed by atoms with Crippen molar-refractivity contribution < 1.29 is 19.4 Å². The molecule has 0 bridgehead atoms. The first kappa shape index (κ1) is 11.7. The van der Waals surface area contributed by atoms with E-state index in [9.17, 15) is 4.79 Å². The molecule has 82 valence electrons. The van der Waals surface area contributed by atoms with Crippen LogP contribution in [0.5, 0.6) is 0 Å². The maximum absolute atomic E-state index is 10.2. The number of carbonyl (C=O) groups is 1. The lowest BCUT2D eigenvalue weighted by molar-refractivity contribution is -0.0334. The summed E-state index contributed by atoms with van der Waals surface area (Å²) in [4.78, 5) is 10.2. The topological polar surface area (TPSA) is 55.8 Å². The second-order valence-electron chi connectivity index (χ2n) is 2.90. The molecule has 1 aliphatic heterocycles. The molecule has 1 N–H and O–H groups in total. The third kappa shape index (κ3) is 5.15. The van der Waals surface area contributed by atoms with Crippen LogP contribution in [0.4, 0.5) is 0 Å². The van der Waals surface area contributed by atoms with Gasteiger partial charge in [-0.15, -0.1) is 0 Å². The van der Waals surface area contributed by atoms with Crippen LogP contribution in [0, 0.1) is 0 Å². The average molecular weight is 210 g/mol. The largest absolute Gasteiger partial charge is 0.478 e. The Morgan fingerprint density at radius 2 is 1.47 bits per heavy atom. The van der Waals surface area contributed by atoms with Crippen molar-refractivity contribution in [1.82, 2.24) is 0 Å². The maximum atomic E-state index is 10.2. The Bertz CT molecular complexity index is 268. The van der Waals surface area contributed by atoms with Gasteiger partial charge >= 0.3 is 5.97 Å². The van der Waals surface area contributed by atoms with Crippen molar-refractivity contribution in [3.63, 3.8) is 0 Å². The Kier molecular flexibility index (Phi) is 5.43. The number of ether oxygens (including phenoxy) is 2. The minimum atomic E-state index is -0.879. The fourth-order valence-corrected chi connectivity index (χ4v) is 1.02. The van der Waals surface area contributed by atoms with Gasteiger partial charge in [0.05, 0.1) is 32.0 Å². The van der Waals surface area contributed by atoms with Gasteiger partial charge in [0.15, 0.2) is 0 Å². The summed E-state index contributed by atoms with van der Waals surface area (Å²) in [5.74, 6) is -0.879. The highest BCUT2D eigenvalue weighted by atomic mass is 16.6. The van der Waals surface area contributed by atoms with Gasteiger partial charge in [0.1, 0.15) is 0 Å². The molecule has 1 saturated heterocycles. The van der Waals surface area contributed by atoms with Crippen LogP contribution in [0.3, 0.4) is 0 Å². The van der Waals surface area contributed by atoms with E-state index in [0.717, 1.165) is 26.4 Å². The molecule has 4 heteroatoms. The highest BCUT2D eigenvalue weighted by Gasteiger charge is 1.96. The van der Waals surface area contributed by atoms with Gasteiger partial charge in [-0.25, -0.2) is 4.79 Å². The maximum Gasteiger partial charge on any atom is 0.335 e. The van der Waals surface area contributed by atoms with Gasteiger partial charge in [-0.3, -0.25) is 0 Å². The van der Waals surface area contributed by atoms with E-state index in [-0.39, 0.29) is 0 Å². The van der Waals surface area contributed by atoms with Gasteiger partial charge in [-0.2, -0.15) is 0 Å². The van der Waals surface area contributed by atoms with Gasteiger partial charge < -0.3 is 14.6 Å². The van der Waals surface area contributed by atoms with Crippen molar-refractivity contribution in [2.45, 2.75) is 0 Å². The predicted molar refractivity (Wildman–Crippen MR) is 55.0 cm³/mol. The molecule has 0 saturated carbocycles. The molecular weight excluding hydrogens is 196 g/mol. The quantitative estimate of drug-likeness (QED) is 0.761. The van der Waals surface area contributed by atoms with Gasteiger partial charge in [-0.05, 0) is 12.1 Å². The summed E-state index contributed by atoms with van der Waals surface area (Å²) < 4.78 is 9.89. The Morgan fingerprint density at radius 1 is 1.00 bits per heavy atom. The lowest BCUT2D eigenvalue weighted by Crippen LogP contribution is -2.16. The van der Waals surface area contributed by atoms with Crippen molar-refractivity contribution in [1.29, 1.82) is 0 Å². The number of aromatic carboxylic acids is 1. The Hall–Kier alpha value is -1.39. The summed E-state index contributed by atoms with van der Waals surface area (Å²) in [6.07, 6.45) is 0. The molecule has 2 rings (SSSR count). The fraction of sp³-hybridized carbons (Fsp3) is 0.364. The zero-order valence-corrected chi connectivity index (χ0v) is 8.39. The van der Waals surface area contributed by atoms with Crippen LogP contribution < -0.4 is 0 Å². The molecule has 15 heavy (non-hydrogen) atoms. The van der Waals surface area contributed by atoms with E-state index in [4.69, 9.17) is 14.6 Å². The smallest absolute Gasteiger partial charge is 0.335 e. The molecule has 0 spiro atoms. The van der Waals surface area contributed by atoms with Crippen LogP contribution in [0.25, 0.3) is 0 Å². The normalized spacial score (nSPS) is 14.9. The van der Waals surface area contributed by atoms with Crippen LogP contribution >= 0.6 is 0 Å². The number of carboxylic acids is 1. The molecule has 1 aromatic carbocycles. The molecule has 0 radical (unpaired) electrons. The molecule has 1 aromatic rings. The Labute approximate surface area is 88.4 Å². The highest BCUT2D eigenvalue weighted by Crippen LogP contribution is 1.96. The summed E-state index contributed by atoms with van der Waals surface area (Å²) >= 11 is 0. The second kappa shape index (κ2) is 6.98. The lowest BCUT2D eigenvalue weighted by atomic mass is 10.2. The molecule has 1 heterocycles. The third-order valence-corrected chi connectivity index (χ3v) is 1.76. The number of rotatable bonds is 1. The Balaban J connectivity index is 0.000000162. The van der Waals surface area contributed by atoms with Gasteiger partial charge in [0.2, 0.25) is 0 Å². The van der Waals surface area contributed by atoms with E-state index < -0.39 is 5.97 Å². The molecule has 1 fully saturated rings. The molecule has 0 unspecified atom stereocenters. The van der Waals surface area contributed by atoms with E-state index >= 15 is 0 Å². The third-order valence-electron chi connectivity index (χ3n) is 1.76. The molecule has 4 nitrogen and oxygen atoms in total. The number of carboxylic acid groups (broad SMARTS) is 1. The van der Waals surface area contributed by atoms with Gasteiger partial charge in [-0.1, -0.05) is 18.2 Å².